The molecule has 4 nitrogen and oxygen atoms in total. The minimum atomic E-state index is 0.620. The average Bonchev–Trinajstić information content (AvgIpc) is 2.75. The maximum absolute atomic E-state index is 4.45. The highest BCUT2D eigenvalue weighted by molar-refractivity contribution is 5.79. The van der Waals surface area contributed by atoms with E-state index in [1.54, 1.807) is 0 Å². The third-order valence-corrected chi connectivity index (χ3v) is 4.03. The third kappa shape index (κ3) is 4.25. The van der Waals surface area contributed by atoms with Crippen LogP contribution in [-0.4, -0.2) is 15.0 Å². The van der Waals surface area contributed by atoms with Crippen molar-refractivity contribution in [1.82, 2.24) is 15.0 Å². The zero-order valence-electron chi connectivity index (χ0n) is 14.7. The number of hydrogen-bond acceptors (Lipinski definition) is 4. The van der Waals surface area contributed by atoms with Crippen LogP contribution in [0.2, 0.25) is 0 Å². The molecule has 1 N–H and O–H groups in total. The maximum Gasteiger partial charge on any atom is 0.227 e. The van der Waals surface area contributed by atoms with Crippen LogP contribution in [0.3, 0.4) is 0 Å². The number of benzene rings is 3. The van der Waals surface area contributed by atoms with Crippen LogP contribution in [-0.2, 0) is 0 Å². The van der Waals surface area contributed by atoms with Crippen LogP contribution >= 0.6 is 0 Å². The van der Waals surface area contributed by atoms with E-state index >= 15 is 0 Å². The molecule has 5 rings (SSSR count). The Bertz CT molecular complexity index is 1090. The molecule has 0 saturated heterocycles. The lowest BCUT2D eigenvalue weighted by atomic mass is 10.2. The van der Waals surface area contributed by atoms with Gasteiger partial charge in [-0.1, -0.05) is 60.7 Å². The molecule has 2 aromatic heterocycles. The summed E-state index contributed by atoms with van der Waals surface area (Å²) in [5.41, 5.74) is 2.99. The predicted octanol–water partition coefficient (Wildman–Crippen LogP) is 5.61. The summed E-state index contributed by atoms with van der Waals surface area (Å²) in [7, 11) is 0. The molecule has 0 atom stereocenters. The first-order valence-electron chi connectivity index (χ1n) is 8.72. The summed E-state index contributed by atoms with van der Waals surface area (Å²) in [5, 5.41) is 5.42. The molecule has 3 aromatic carbocycles. The molecular formula is C23H18N4. The summed E-state index contributed by atoms with van der Waals surface area (Å²) in [5.74, 6) is 0.620. The van der Waals surface area contributed by atoms with Crippen molar-refractivity contribution in [2.45, 2.75) is 0 Å². The van der Waals surface area contributed by atoms with Gasteiger partial charge in [0.25, 0.3) is 0 Å². The van der Waals surface area contributed by atoms with Gasteiger partial charge in [-0.3, -0.25) is 4.98 Å². The van der Waals surface area contributed by atoms with E-state index in [4.69, 9.17) is 0 Å². The van der Waals surface area contributed by atoms with Gasteiger partial charge in [0.1, 0.15) is 0 Å². The van der Waals surface area contributed by atoms with Gasteiger partial charge >= 0.3 is 0 Å². The molecule has 0 amide bonds. The minimum absolute atomic E-state index is 0.620. The average molecular weight is 350 g/mol. The van der Waals surface area contributed by atoms with Crippen molar-refractivity contribution in [3.05, 3.63) is 103 Å². The first kappa shape index (κ1) is 16.7. The lowest BCUT2D eigenvalue weighted by molar-refractivity contribution is 1.21. The number of fused-ring (bicyclic) bond motifs is 2. The Morgan fingerprint density at radius 1 is 0.556 bits per heavy atom. The zero-order valence-corrected chi connectivity index (χ0v) is 14.7. The number of nitrogens with zero attached hydrogens (tertiary/aromatic N) is 3. The fourth-order valence-electron chi connectivity index (χ4n) is 2.70. The van der Waals surface area contributed by atoms with E-state index in [1.165, 1.54) is 5.39 Å². The molecule has 0 spiro atoms. The SMILES string of the molecule is c1ccc(Nc2ncc3ccccc3n2)cc1.c1ccc2ncccc2c1. The van der Waals surface area contributed by atoms with Crippen molar-refractivity contribution in [2.75, 3.05) is 5.32 Å². The molecule has 130 valence electrons. The predicted molar refractivity (Wildman–Crippen MR) is 111 cm³/mol. The lowest BCUT2D eigenvalue weighted by Crippen LogP contribution is -1.96. The molecule has 0 fully saturated rings. The van der Waals surface area contributed by atoms with E-state index in [0.29, 0.717) is 5.95 Å². The lowest BCUT2D eigenvalue weighted by Gasteiger charge is -2.04. The fraction of sp³-hybridized carbons (Fsp3) is 0. The molecule has 0 unspecified atom stereocenters. The van der Waals surface area contributed by atoms with E-state index in [9.17, 15) is 0 Å². The summed E-state index contributed by atoms with van der Waals surface area (Å²) < 4.78 is 0. The summed E-state index contributed by atoms with van der Waals surface area (Å²) in [4.78, 5) is 12.9. The van der Waals surface area contributed by atoms with E-state index in [-0.39, 0.29) is 0 Å². The Labute approximate surface area is 157 Å². The summed E-state index contributed by atoms with van der Waals surface area (Å²) in [6.07, 6.45) is 3.63. The van der Waals surface area contributed by atoms with Crippen LogP contribution in [0.4, 0.5) is 11.6 Å². The number of nitrogens with one attached hydrogen (secondary N) is 1. The van der Waals surface area contributed by atoms with Crippen LogP contribution in [0.1, 0.15) is 0 Å². The van der Waals surface area contributed by atoms with Gasteiger partial charge in [0.2, 0.25) is 5.95 Å². The fourth-order valence-corrected chi connectivity index (χ4v) is 2.70. The standard InChI is InChI=1S/C14H11N3.C9H7N/c1-2-7-12(8-3-1)16-14-15-10-11-6-4-5-9-13(11)17-14;1-2-6-9-8(4-1)5-3-7-10-9/h1-10H,(H,15,16,17);1-7H. The van der Waals surface area contributed by atoms with E-state index in [2.05, 4.69) is 32.4 Å². The Balaban J connectivity index is 0.000000153. The molecule has 4 heteroatoms. The molecule has 0 radical (unpaired) electrons. The topological polar surface area (TPSA) is 50.7 Å². The molecule has 0 aliphatic rings. The quantitative estimate of drug-likeness (QED) is 0.450. The number of pyridine rings is 1. The number of hydrogen-bond donors (Lipinski definition) is 1. The largest absolute Gasteiger partial charge is 0.324 e. The first-order chi connectivity index (χ1) is 13.4. The van der Waals surface area contributed by atoms with Crippen molar-refractivity contribution in [2.24, 2.45) is 0 Å². The van der Waals surface area contributed by atoms with Gasteiger partial charge in [0.15, 0.2) is 0 Å². The number of anilines is 2. The van der Waals surface area contributed by atoms with Crippen LogP contribution in [0.15, 0.2) is 103 Å². The second-order valence-electron chi connectivity index (χ2n) is 5.94. The minimum Gasteiger partial charge on any atom is -0.324 e. The molecule has 0 bridgehead atoms. The normalized spacial score (nSPS) is 10.2. The molecule has 0 aliphatic carbocycles. The molecule has 5 aromatic rings. The number of rotatable bonds is 2. The Morgan fingerprint density at radius 3 is 2.04 bits per heavy atom. The van der Waals surface area contributed by atoms with Gasteiger partial charge in [-0.05, 0) is 30.3 Å². The number of aromatic nitrogens is 3. The van der Waals surface area contributed by atoms with Crippen LogP contribution < -0.4 is 5.32 Å². The van der Waals surface area contributed by atoms with E-state index in [0.717, 1.165) is 22.1 Å². The van der Waals surface area contributed by atoms with Crippen LogP contribution in [0.25, 0.3) is 21.8 Å². The van der Waals surface area contributed by atoms with Gasteiger partial charge in [0, 0.05) is 28.9 Å². The second-order valence-corrected chi connectivity index (χ2v) is 5.94. The second kappa shape index (κ2) is 8.06. The molecule has 0 saturated carbocycles. The highest BCUT2D eigenvalue weighted by Gasteiger charge is 1.99. The number of para-hydroxylation sites is 3. The molecular weight excluding hydrogens is 332 g/mol. The first-order valence-corrected chi connectivity index (χ1v) is 8.72. The Kier molecular flexibility index (Phi) is 4.97. The van der Waals surface area contributed by atoms with Gasteiger partial charge in [-0.15, -0.1) is 0 Å². The van der Waals surface area contributed by atoms with E-state index in [1.807, 2.05) is 91.3 Å². The molecule has 0 aliphatic heterocycles. The van der Waals surface area contributed by atoms with Crippen LogP contribution in [0, 0.1) is 0 Å². The molecule has 2 heterocycles. The van der Waals surface area contributed by atoms with Gasteiger partial charge in [-0.2, -0.15) is 0 Å². The zero-order chi connectivity index (χ0) is 18.3. The van der Waals surface area contributed by atoms with Crippen molar-refractivity contribution in [3.8, 4) is 0 Å². The smallest absolute Gasteiger partial charge is 0.227 e. The summed E-state index contributed by atoms with van der Waals surface area (Å²) in [6.45, 7) is 0. The highest BCUT2D eigenvalue weighted by atomic mass is 15.1. The highest BCUT2D eigenvalue weighted by Crippen LogP contribution is 2.15. The maximum atomic E-state index is 4.45. The van der Waals surface area contributed by atoms with Gasteiger partial charge < -0.3 is 5.32 Å². The summed E-state index contributed by atoms with van der Waals surface area (Å²) in [6, 6.07) is 29.9. The van der Waals surface area contributed by atoms with Crippen LogP contribution in [0.5, 0.6) is 0 Å². The van der Waals surface area contributed by atoms with Gasteiger partial charge in [-0.25, -0.2) is 9.97 Å². The Hall–Kier alpha value is -3.79. The third-order valence-electron chi connectivity index (χ3n) is 4.03. The Morgan fingerprint density at radius 2 is 1.22 bits per heavy atom. The summed E-state index contributed by atoms with van der Waals surface area (Å²) >= 11 is 0. The van der Waals surface area contributed by atoms with Crippen molar-refractivity contribution in [3.63, 3.8) is 0 Å². The van der Waals surface area contributed by atoms with E-state index < -0.39 is 0 Å². The monoisotopic (exact) mass is 350 g/mol. The van der Waals surface area contributed by atoms with Crippen molar-refractivity contribution >= 4 is 33.4 Å². The molecule has 27 heavy (non-hydrogen) atoms. The van der Waals surface area contributed by atoms with Crippen molar-refractivity contribution < 1.29 is 0 Å². The van der Waals surface area contributed by atoms with Crippen molar-refractivity contribution in [1.29, 1.82) is 0 Å². The van der Waals surface area contributed by atoms with Gasteiger partial charge in [0.05, 0.1) is 11.0 Å².